The van der Waals surface area contributed by atoms with Crippen molar-refractivity contribution in [3.05, 3.63) is 94.8 Å². The highest BCUT2D eigenvalue weighted by atomic mass is 32.2. The first-order chi connectivity index (χ1) is 14.3. The molecule has 3 aromatic carbocycles. The second-order valence-electron chi connectivity index (χ2n) is 6.10. The number of carbonyl (C=O) groups is 1. The SMILES string of the molecule is O=C(CN(c1ccccc1)S(=O)(=O)c1ccccc1[N+](=O)[O-])Nc1ccccc1F. The van der Waals surface area contributed by atoms with Gasteiger partial charge in [-0.15, -0.1) is 0 Å². The molecule has 0 saturated heterocycles. The van der Waals surface area contributed by atoms with Crippen LogP contribution in [-0.2, 0) is 14.8 Å². The molecule has 0 atom stereocenters. The molecule has 3 rings (SSSR count). The molecule has 0 saturated carbocycles. The third-order valence-electron chi connectivity index (χ3n) is 4.11. The van der Waals surface area contributed by atoms with Gasteiger partial charge in [-0.25, -0.2) is 12.8 Å². The van der Waals surface area contributed by atoms with Crippen molar-refractivity contribution in [2.45, 2.75) is 4.90 Å². The lowest BCUT2D eigenvalue weighted by Crippen LogP contribution is -2.38. The van der Waals surface area contributed by atoms with Crippen molar-refractivity contribution in [1.82, 2.24) is 0 Å². The lowest BCUT2D eigenvalue weighted by Gasteiger charge is -2.24. The summed E-state index contributed by atoms with van der Waals surface area (Å²) >= 11 is 0. The minimum absolute atomic E-state index is 0.112. The topological polar surface area (TPSA) is 110 Å². The van der Waals surface area contributed by atoms with E-state index in [9.17, 15) is 27.7 Å². The van der Waals surface area contributed by atoms with Crippen molar-refractivity contribution in [2.24, 2.45) is 0 Å². The van der Waals surface area contributed by atoms with E-state index < -0.39 is 43.8 Å². The normalized spacial score (nSPS) is 11.0. The van der Waals surface area contributed by atoms with Gasteiger partial charge in [0.2, 0.25) is 5.91 Å². The molecule has 0 aliphatic rings. The van der Waals surface area contributed by atoms with Crippen molar-refractivity contribution in [1.29, 1.82) is 0 Å². The number of anilines is 2. The predicted molar refractivity (Wildman–Crippen MR) is 109 cm³/mol. The zero-order valence-corrected chi connectivity index (χ0v) is 16.3. The van der Waals surface area contributed by atoms with Crippen LogP contribution < -0.4 is 9.62 Å². The lowest BCUT2D eigenvalue weighted by atomic mass is 10.3. The minimum Gasteiger partial charge on any atom is -0.322 e. The fourth-order valence-corrected chi connectivity index (χ4v) is 4.32. The number of rotatable bonds is 7. The molecule has 0 fully saturated rings. The monoisotopic (exact) mass is 429 g/mol. The van der Waals surface area contributed by atoms with Gasteiger partial charge in [0.15, 0.2) is 4.90 Å². The molecule has 0 bridgehead atoms. The standard InChI is InChI=1S/C20H16FN3O5S/c21-16-10-4-5-11-17(16)22-20(25)14-23(15-8-2-1-3-9-15)30(28,29)19-13-7-6-12-18(19)24(26)27/h1-13H,14H2,(H,22,25). The van der Waals surface area contributed by atoms with Crippen molar-refractivity contribution < 1.29 is 22.5 Å². The molecule has 0 aromatic heterocycles. The van der Waals surface area contributed by atoms with Crippen LogP contribution in [0.15, 0.2) is 83.8 Å². The largest absolute Gasteiger partial charge is 0.322 e. The molecule has 0 aliphatic carbocycles. The molecule has 154 valence electrons. The molecule has 1 amide bonds. The molecular formula is C20H16FN3O5S. The van der Waals surface area contributed by atoms with E-state index in [0.717, 1.165) is 22.5 Å². The summed E-state index contributed by atoms with van der Waals surface area (Å²) in [6.07, 6.45) is 0. The summed E-state index contributed by atoms with van der Waals surface area (Å²) in [5.41, 5.74) is -0.606. The number of hydrogen-bond donors (Lipinski definition) is 1. The van der Waals surface area contributed by atoms with Crippen molar-refractivity contribution in [3.63, 3.8) is 0 Å². The number of nitro benzene ring substituents is 1. The third kappa shape index (κ3) is 4.44. The van der Waals surface area contributed by atoms with Crippen LogP contribution in [-0.4, -0.2) is 25.8 Å². The number of para-hydroxylation sites is 3. The van der Waals surface area contributed by atoms with Gasteiger partial charge >= 0.3 is 0 Å². The number of nitro groups is 1. The highest BCUT2D eigenvalue weighted by Crippen LogP contribution is 2.29. The number of nitrogens with one attached hydrogen (secondary N) is 1. The molecule has 3 aromatic rings. The van der Waals surface area contributed by atoms with Crippen molar-refractivity contribution >= 4 is 33.0 Å². The molecule has 0 heterocycles. The van der Waals surface area contributed by atoms with Crippen LogP contribution >= 0.6 is 0 Å². The summed E-state index contributed by atoms with van der Waals surface area (Å²) in [6, 6.07) is 18.0. The summed E-state index contributed by atoms with van der Waals surface area (Å²) in [7, 11) is -4.49. The van der Waals surface area contributed by atoms with Crippen LogP contribution in [0.25, 0.3) is 0 Å². The first-order valence-electron chi connectivity index (χ1n) is 8.66. The van der Waals surface area contributed by atoms with Crippen LogP contribution in [0.3, 0.4) is 0 Å². The first kappa shape index (κ1) is 20.9. The Bertz CT molecular complexity index is 1190. The van der Waals surface area contributed by atoms with Crippen LogP contribution in [0.1, 0.15) is 0 Å². The predicted octanol–water partition coefficient (Wildman–Crippen LogP) is 3.57. The summed E-state index contributed by atoms with van der Waals surface area (Å²) in [4.78, 5) is 22.5. The average molecular weight is 429 g/mol. The van der Waals surface area contributed by atoms with Gasteiger partial charge in [0, 0.05) is 6.07 Å². The fourth-order valence-electron chi connectivity index (χ4n) is 2.74. The van der Waals surface area contributed by atoms with Gasteiger partial charge in [0.1, 0.15) is 12.4 Å². The van der Waals surface area contributed by atoms with E-state index >= 15 is 0 Å². The number of benzene rings is 3. The average Bonchev–Trinajstić information content (AvgIpc) is 2.74. The van der Waals surface area contributed by atoms with Crippen molar-refractivity contribution in [2.75, 3.05) is 16.2 Å². The minimum atomic E-state index is -4.49. The van der Waals surface area contributed by atoms with Crippen LogP contribution in [0, 0.1) is 15.9 Å². The lowest BCUT2D eigenvalue weighted by molar-refractivity contribution is -0.387. The third-order valence-corrected chi connectivity index (χ3v) is 5.93. The van der Waals surface area contributed by atoms with Gasteiger partial charge in [0.25, 0.3) is 15.7 Å². The van der Waals surface area contributed by atoms with Crippen LogP contribution in [0.2, 0.25) is 0 Å². The van der Waals surface area contributed by atoms with Gasteiger partial charge in [-0.3, -0.25) is 19.2 Å². The Labute approximate surface area is 171 Å². The van der Waals surface area contributed by atoms with Gasteiger partial charge in [-0.2, -0.15) is 0 Å². The Morgan fingerprint density at radius 2 is 1.57 bits per heavy atom. The maximum atomic E-state index is 13.8. The molecule has 8 nitrogen and oxygen atoms in total. The highest BCUT2D eigenvalue weighted by Gasteiger charge is 2.33. The summed E-state index contributed by atoms with van der Waals surface area (Å²) < 4.78 is 41.1. The number of carbonyl (C=O) groups excluding carboxylic acids is 1. The summed E-state index contributed by atoms with van der Waals surface area (Å²) in [5, 5.41) is 13.6. The summed E-state index contributed by atoms with van der Waals surface area (Å²) in [6.45, 7) is -0.716. The smallest absolute Gasteiger partial charge is 0.289 e. The summed E-state index contributed by atoms with van der Waals surface area (Å²) in [5.74, 6) is -1.50. The molecule has 0 aliphatic heterocycles. The van der Waals surface area contributed by atoms with E-state index in [1.807, 2.05) is 0 Å². The zero-order chi connectivity index (χ0) is 21.7. The van der Waals surface area contributed by atoms with Crippen LogP contribution in [0.4, 0.5) is 21.5 Å². The van der Waals surface area contributed by atoms with Crippen molar-refractivity contribution in [3.8, 4) is 0 Å². The maximum Gasteiger partial charge on any atom is 0.289 e. The van der Waals surface area contributed by atoms with Gasteiger partial charge in [0.05, 0.1) is 16.3 Å². The molecule has 1 N–H and O–H groups in total. The molecule has 0 spiro atoms. The molecular weight excluding hydrogens is 413 g/mol. The van der Waals surface area contributed by atoms with E-state index in [1.165, 1.54) is 42.5 Å². The maximum absolute atomic E-state index is 13.8. The number of halogens is 1. The van der Waals surface area contributed by atoms with E-state index in [1.54, 1.807) is 18.2 Å². The van der Waals surface area contributed by atoms with Crippen LogP contribution in [0.5, 0.6) is 0 Å². The van der Waals surface area contributed by atoms with E-state index in [4.69, 9.17) is 0 Å². The second-order valence-corrected chi connectivity index (χ2v) is 7.93. The number of hydrogen-bond acceptors (Lipinski definition) is 5. The number of sulfonamides is 1. The van der Waals surface area contributed by atoms with E-state index in [-0.39, 0.29) is 11.4 Å². The van der Waals surface area contributed by atoms with E-state index in [2.05, 4.69) is 5.32 Å². The first-order valence-corrected chi connectivity index (χ1v) is 10.1. The van der Waals surface area contributed by atoms with Gasteiger partial charge < -0.3 is 5.32 Å². The Balaban J connectivity index is 2.01. The Hall–Kier alpha value is -3.79. The Morgan fingerprint density at radius 3 is 2.23 bits per heavy atom. The number of nitrogens with zero attached hydrogens (tertiary/aromatic N) is 2. The molecule has 0 unspecified atom stereocenters. The molecule has 0 radical (unpaired) electrons. The Kier molecular flexibility index (Phi) is 6.07. The highest BCUT2D eigenvalue weighted by molar-refractivity contribution is 7.93. The quantitative estimate of drug-likeness (QED) is 0.456. The zero-order valence-electron chi connectivity index (χ0n) is 15.4. The van der Waals surface area contributed by atoms with Gasteiger partial charge in [-0.05, 0) is 30.3 Å². The van der Waals surface area contributed by atoms with Gasteiger partial charge in [-0.1, -0.05) is 42.5 Å². The molecule has 10 heteroatoms. The second kappa shape index (κ2) is 8.70. The molecule has 30 heavy (non-hydrogen) atoms. The Morgan fingerprint density at radius 1 is 0.967 bits per heavy atom. The van der Waals surface area contributed by atoms with E-state index in [0.29, 0.717) is 0 Å². The fraction of sp³-hybridized carbons (Fsp3) is 0.0500. The number of amides is 1.